The summed E-state index contributed by atoms with van der Waals surface area (Å²) < 4.78 is 5.82. The molecule has 37 heavy (non-hydrogen) atoms. The van der Waals surface area contributed by atoms with E-state index in [1.54, 1.807) is 6.07 Å². The molecule has 0 aliphatic heterocycles. The first-order chi connectivity index (χ1) is 18.0. The lowest BCUT2D eigenvalue weighted by molar-refractivity contribution is -0.115. The van der Waals surface area contributed by atoms with Gasteiger partial charge >= 0.3 is 0 Å². The van der Waals surface area contributed by atoms with Gasteiger partial charge in [0.25, 0.3) is 5.91 Å². The van der Waals surface area contributed by atoms with Crippen LogP contribution in [0.1, 0.15) is 22.8 Å². The van der Waals surface area contributed by atoms with E-state index in [-0.39, 0.29) is 17.1 Å². The number of hydrogen-bond donors (Lipinski definition) is 2. The van der Waals surface area contributed by atoms with Crippen LogP contribution in [0.5, 0.6) is 0 Å². The molecule has 1 aromatic heterocycles. The standard InChI is InChI=1S/C30H25N3O3S/c1-19-8-3-4-11-25(19)29(35)32-23-9-7-10-24(18-23)37-20(2)28(34)31-22-16-14-21(15-17-22)30-33-26-12-5-6-13-27(26)36-30/h3-18,20H,1-2H3,(H,31,34)(H,32,35). The second-order valence-electron chi connectivity index (χ2n) is 8.61. The van der Waals surface area contributed by atoms with Gasteiger partial charge in [0.05, 0.1) is 5.25 Å². The second-order valence-corrected chi connectivity index (χ2v) is 10.0. The van der Waals surface area contributed by atoms with Gasteiger partial charge < -0.3 is 15.1 Å². The molecule has 0 saturated heterocycles. The van der Waals surface area contributed by atoms with Crippen LogP contribution in [0.4, 0.5) is 11.4 Å². The van der Waals surface area contributed by atoms with Crippen molar-refractivity contribution in [2.24, 2.45) is 0 Å². The summed E-state index contributed by atoms with van der Waals surface area (Å²) in [6.07, 6.45) is 0. The number of oxazole rings is 1. The number of thioether (sulfide) groups is 1. The van der Waals surface area contributed by atoms with E-state index in [4.69, 9.17) is 4.42 Å². The predicted octanol–water partition coefficient (Wildman–Crippen LogP) is 7.17. The normalized spacial score (nSPS) is 11.7. The molecule has 1 heterocycles. The van der Waals surface area contributed by atoms with E-state index < -0.39 is 0 Å². The second kappa shape index (κ2) is 10.7. The van der Waals surface area contributed by atoms with Gasteiger partial charge in [-0.1, -0.05) is 36.4 Å². The molecule has 0 aliphatic carbocycles. The highest BCUT2D eigenvalue weighted by molar-refractivity contribution is 8.00. The van der Waals surface area contributed by atoms with Crippen LogP contribution >= 0.6 is 11.8 Å². The van der Waals surface area contributed by atoms with Crippen molar-refractivity contribution in [1.82, 2.24) is 4.98 Å². The number of fused-ring (bicyclic) bond motifs is 1. The topological polar surface area (TPSA) is 84.2 Å². The Hall–Kier alpha value is -4.36. The van der Waals surface area contributed by atoms with Crippen LogP contribution in [0.2, 0.25) is 0 Å². The Bertz CT molecular complexity index is 1540. The smallest absolute Gasteiger partial charge is 0.255 e. The number of hydrogen-bond acceptors (Lipinski definition) is 5. The number of carbonyl (C=O) groups is 2. The van der Waals surface area contributed by atoms with Gasteiger partial charge in [-0.15, -0.1) is 11.8 Å². The number of aromatic nitrogens is 1. The molecule has 1 unspecified atom stereocenters. The molecular formula is C30H25N3O3S. The maximum atomic E-state index is 12.8. The fraction of sp³-hybridized carbons (Fsp3) is 0.100. The fourth-order valence-corrected chi connectivity index (χ4v) is 4.79. The van der Waals surface area contributed by atoms with Gasteiger partial charge in [-0.3, -0.25) is 9.59 Å². The third kappa shape index (κ3) is 5.73. The van der Waals surface area contributed by atoms with E-state index in [0.717, 1.165) is 27.1 Å². The SMILES string of the molecule is Cc1ccccc1C(=O)Nc1cccc(SC(C)C(=O)Nc2ccc(-c3nc4ccccc4o3)cc2)c1. The summed E-state index contributed by atoms with van der Waals surface area (Å²) in [5, 5.41) is 5.56. The molecule has 0 spiro atoms. The number of nitrogens with zero attached hydrogens (tertiary/aromatic N) is 1. The maximum Gasteiger partial charge on any atom is 0.255 e. The van der Waals surface area contributed by atoms with Gasteiger partial charge in [0.1, 0.15) is 5.52 Å². The van der Waals surface area contributed by atoms with Crippen LogP contribution in [0.15, 0.2) is 106 Å². The Kier molecular flexibility index (Phi) is 7.05. The molecule has 0 radical (unpaired) electrons. The van der Waals surface area contributed by atoms with Gasteiger partial charge in [-0.2, -0.15) is 0 Å². The van der Waals surface area contributed by atoms with Crippen molar-refractivity contribution < 1.29 is 14.0 Å². The van der Waals surface area contributed by atoms with Gasteiger partial charge in [-0.05, 0) is 80.1 Å². The van der Waals surface area contributed by atoms with Crippen molar-refractivity contribution in [3.05, 3.63) is 108 Å². The highest BCUT2D eigenvalue weighted by atomic mass is 32.2. The van der Waals surface area contributed by atoms with Crippen molar-refractivity contribution in [1.29, 1.82) is 0 Å². The van der Waals surface area contributed by atoms with Crippen LogP contribution < -0.4 is 10.6 Å². The minimum atomic E-state index is -0.348. The van der Waals surface area contributed by atoms with Crippen LogP contribution in [-0.4, -0.2) is 22.0 Å². The van der Waals surface area contributed by atoms with Crippen molar-refractivity contribution in [2.45, 2.75) is 24.0 Å². The number of carbonyl (C=O) groups excluding carboxylic acids is 2. The third-order valence-corrected chi connectivity index (χ3v) is 6.95. The molecule has 184 valence electrons. The van der Waals surface area contributed by atoms with E-state index in [2.05, 4.69) is 15.6 Å². The van der Waals surface area contributed by atoms with Gasteiger partial charge in [0.2, 0.25) is 11.8 Å². The molecule has 7 heteroatoms. The Labute approximate surface area is 219 Å². The zero-order valence-corrected chi connectivity index (χ0v) is 21.2. The molecule has 0 bridgehead atoms. The molecule has 4 aromatic carbocycles. The lowest BCUT2D eigenvalue weighted by atomic mass is 10.1. The number of para-hydroxylation sites is 2. The Balaban J connectivity index is 1.20. The highest BCUT2D eigenvalue weighted by Gasteiger charge is 2.16. The molecule has 2 amide bonds. The Morgan fingerprint density at radius 1 is 0.838 bits per heavy atom. The van der Waals surface area contributed by atoms with Gasteiger partial charge in [-0.25, -0.2) is 4.98 Å². The quantitative estimate of drug-likeness (QED) is 0.228. The summed E-state index contributed by atoms with van der Waals surface area (Å²) in [7, 11) is 0. The van der Waals surface area contributed by atoms with E-state index in [0.29, 0.717) is 22.8 Å². The summed E-state index contributed by atoms with van der Waals surface area (Å²) in [6, 6.07) is 30.0. The van der Waals surface area contributed by atoms with E-state index in [1.165, 1.54) is 11.8 Å². The zero-order valence-electron chi connectivity index (χ0n) is 20.4. The number of rotatable bonds is 7. The monoisotopic (exact) mass is 507 g/mol. The third-order valence-electron chi connectivity index (χ3n) is 5.86. The number of nitrogens with one attached hydrogen (secondary N) is 2. The van der Waals surface area contributed by atoms with Gasteiger partial charge in [0.15, 0.2) is 5.58 Å². The molecule has 0 fully saturated rings. The van der Waals surface area contributed by atoms with E-state index in [9.17, 15) is 9.59 Å². The first kappa shape index (κ1) is 24.3. The molecule has 0 saturated carbocycles. The Morgan fingerprint density at radius 2 is 1.59 bits per heavy atom. The average molecular weight is 508 g/mol. The molecule has 0 aliphatic rings. The minimum absolute atomic E-state index is 0.117. The largest absolute Gasteiger partial charge is 0.436 e. The van der Waals surface area contributed by atoms with Crippen LogP contribution in [0.3, 0.4) is 0 Å². The summed E-state index contributed by atoms with van der Waals surface area (Å²) in [5.74, 6) is 0.263. The molecule has 5 aromatic rings. The summed E-state index contributed by atoms with van der Waals surface area (Å²) in [5.41, 5.74) is 5.30. The molecule has 6 nitrogen and oxygen atoms in total. The first-order valence-electron chi connectivity index (χ1n) is 11.9. The van der Waals surface area contributed by atoms with Crippen molar-refractivity contribution >= 4 is 46.1 Å². The van der Waals surface area contributed by atoms with Crippen molar-refractivity contribution in [3.8, 4) is 11.5 Å². The minimum Gasteiger partial charge on any atom is -0.436 e. The summed E-state index contributed by atoms with van der Waals surface area (Å²) >= 11 is 1.43. The van der Waals surface area contributed by atoms with Gasteiger partial charge in [0, 0.05) is 27.4 Å². The predicted molar refractivity (Wildman–Crippen MR) is 149 cm³/mol. The zero-order chi connectivity index (χ0) is 25.8. The number of benzene rings is 4. The van der Waals surface area contributed by atoms with Crippen molar-refractivity contribution in [3.63, 3.8) is 0 Å². The molecule has 1 atom stereocenters. The number of aryl methyl sites for hydroxylation is 1. The Morgan fingerprint density at radius 3 is 2.38 bits per heavy atom. The fourth-order valence-electron chi connectivity index (χ4n) is 3.87. The highest BCUT2D eigenvalue weighted by Crippen LogP contribution is 2.28. The first-order valence-corrected chi connectivity index (χ1v) is 12.7. The summed E-state index contributed by atoms with van der Waals surface area (Å²) in [6.45, 7) is 3.76. The van der Waals surface area contributed by atoms with Crippen LogP contribution in [0, 0.1) is 6.92 Å². The lowest BCUT2D eigenvalue weighted by Gasteiger charge is -2.13. The average Bonchev–Trinajstić information content (AvgIpc) is 3.34. The molecular weight excluding hydrogens is 482 g/mol. The van der Waals surface area contributed by atoms with Crippen molar-refractivity contribution in [2.75, 3.05) is 10.6 Å². The summed E-state index contributed by atoms with van der Waals surface area (Å²) in [4.78, 5) is 30.9. The van der Waals surface area contributed by atoms with E-state index >= 15 is 0 Å². The van der Waals surface area contributed by atoms with E-state index in [1.807, 2.05) is 105 Å². The number of amides is 2. The van der Waals surface area contributed by atoms with Crippen LogP contribution in [-0.2, 0) is 4.79 Å². The van der Waals surface area contributed by atoms with Crippen LogP contribution in [0.25, 0.3) is 22.6 Å². The lowest BCUT2D eigenvalue weighted by Crippen LogP contribution is -2.22. The molecule has 2 N–H and O–H groups in total. The number of anilines is 2. The maximum absolute atomic E-state index is 12.8. The molecule has 5 rings (SSSR count).